The van der Waals surface area contributed by atoms with Crippen LogP contribution in [0.5, 0.6) is 0 Å². The minimum Gasteiger partial charge on any atom is -0.377 e. The van der Waals surface area contributed by atoms with Crippen LogP contribution in [0.4, 0.5) is 23.2 Å². The SMILES string of the molecule is CC1CN(C)C(C)CC1Nc1c(F)c(F)cc(F)c1F. The molecular formula is C14H18F4N2. The van der Waals surface area contributed by atoms with Gasteiger partial charge in [0.25, 0.3) is 0 Å². The zero-order valence-electron chi connectivity index (χ0n) is 11.7. The summed E-state index contributed by atoms with van der Waals surface area (Å²) in [5, 5.41) is 2.64. The zero-order valence-corrected chi connectivity index (χ0v) is 11.7. The molecule has 0 aromatic heterocycles. The molecule has 1 aliphatic rings. The number of rotatable bonds is 2. The van der Waals surface area contributed by atoms with Crippen molar-refractivity contribution in [2.75, 3.05) is 18.9 Å². The molecule has 6 heteroatoms. The molecule has 1 aromatic carbocycles. The first-order valence-electron chi connectivity index (χ1n) is 6.61. The van der Waals surface area contributed by atoms with E-state index in [9.17, 15) is 17.6 Å². The Labute approximate surface area is 115 Å². The van der Waals surface area contributed by atoms with E-state index in [-0.39, 0.29) is 24.1 Å². The van der Waals surface area contributed by atoms with Gasteiger partial charge >= 0.3 is 0 Å². The maximum atomic E-state index is 13.6. The van der Waals surface area contributed by atoms with Crippen LogP contribution < -0.4 is 5.32 Å². The quantitative estimate of drug-likeness (QED) is 0.663. The maximum absolute atomic E-state index is 13.6. The molecule has 1 aliphatic heterocycles. The van der Waals surface area contributed by atoms with Crippen LogP contribution in [-0.4, -0.2) is 30.6 Å². The van der Waals surface area contributed by atoms with Crippen LogP contribution >= 0.6 is 0 Å². The largest absolute Gasteiger partial charge is 0.377 e. The summed E-state index contributed by atoms with van der Waals surface area (Å²) in [6.07, 6.45) is 0.647. The lowest BCUT2D eigenvalue weighted by molar-refractivity contribution is 0.145. The van der Waals surface area contributed by atoms with Gasteiger partial charge in [-0.25, -0.2) is 17.6 Å². The van der Waals surface area contributed by atoms with E-state index in [1.54, 1.807) is 0 Å². The number of nitrogens with one attached hydrogen (secondary N) is 1. The maximum Gasteiger partial charge on any atom is 0.185 e. The predicted molar refractivity (Wildman–Crippen MR) is 69.6 cm³/mol. The summed E-state index contributed by atoms with van der Waals surface area (Å²) in [4.78, 5) is 2.14. The molecule has 2 rings (SSSR count). The molecule has 1 saturated heterocycles. The van der Waals surface area contributed by atoms with E-state index in [1.807, 2.05) is 20.9 Å². The smallest absolute Gasteiger partial charge is 0.185 e. The highest BCUT2D eigenvalue weighted by Crippen LogP contribution is 2.29. The van der Waals surface area contributed by atoms with Crippen molar-refractivity contribution in [1.82, 2.24) is 4.90 Å². The van der Waals surface area contributed by atoms with Crippen molar-refractivity contribution in [2.45, 2.75) is 32.4 Å². The summed E-state index contributed by atoms with van der Waals surface area (Å²) in [7, 11) is 1.97. The molecular weight excluding hydrogens is 272 g/mol. The van der Waals surface area contributed by atoms with Gasteiger partial charge in [0.05, 0.1) is 0 Å². The first kappa shape index (κ1) is 15.1. The van der Waals surface area contributed by atoms with Gasteiger partial charge in [0, 0.05) is 24.7 Å². The van der Waals surface area contributed by atoms with Crippen LogP contribution in [0, 0.1) is 29.2 Å². The Balaban J connectivity index is 2.26. The van der Waals surface area contributed by atoms with Crippen molar-refractivity contribution in [3.63, 3.8) is 0 Å². The Bertz CT molecular complexity index is 480. The fraction of sp³-hybridized carbons (Fsp3) is 0.571. The highest BCUT2D eigenvalue weighted by atomic mass is 19.2. The third-order valence-corrected chi connectivity index (χ3v) is 4.05. The average Bonchev–Trinajstić information content (AvgIpc) is 2.38. The summed E-state index contributed by atoms with van der Waals surface area (Å²) in [6.45, 7) is 4.69. The molecule has 2 nitrogen and oxygen atoms in total. The minimum absolute atomic E-state index is 0.112. The Morgan fingerprint density at radius 3 is 2.20 bits per heavy atom. The average molecular weight is 290 g/mol. The van der Waals surface area contributed by atoms with Crippen LogP contribution in [-0.2, 0) is 0 Å². The number of nitrogens with zero attached hydrogens (tertiary/aromatic N) is 1. The van der Waals surface area contributed by atoms with Gasteiger partial charge in [0.1, 0.15) is 5.69 Å². The van der Waals surface area contributed by atoms with E-state index >= 15 is 0 Å². The molecule has 112 valence electrons. The van der Waals surface area contributed by atoms with E-state index in [0.29, 0.717) is 6.42 Å². The number of hydrogen-bond acceptors (Lipinski definition) is 2. The number of likely N-dealkylation sites (tertiary alicyclic amines) is 1. The highest BCUT2D eigenvalue weighted by molar-refractivity contribution is 5.48. The van der Waals surface area contributed by atoms with Crippen LogP contribution in [0.1, 0.15) is 20.3 Å². The predicted octanol–water partition coefficient (Wildman–Crippen LogP) is 3.38. The molecule has 20 heavy (non-hydrogen) atoms. The van der Waals surface area contributed by atoms with Crippen molar-refractivity contribution >= 4 is 5.69 Å². The molecule has 0 aliphatic carbocycles. The zero-order chi connectivity index (χ0) is 15.0. The number of anilines is 1. The molecule has 0 spiro atoms. The third-order valence-electron chi connectivity index (χ3n) is 4.05. The second-order valence-electron chi connectivity index (χ2n) is 5.60. The molecule has 3 atom stereocenters. The Morgan fingerprint density at radius 1 is 1.10 bits per heavy atom. The molecule has 0 bridgehead atoms. The van der Waals surface area contributed by atoms with Crippen molar-refractivity contribution in [3.05, 3.63) is 29.3 Å². The van der Waals surface area contributed by atoms with Gasteiger partial charge in [-0.1, -0.05) is 6.92 Å². The molecule has 0 amide bonds. The van der Waals surface area contributed by atoms with Gasteiger partial charge < -0.3 is 10.2 Å². The van der Waals surface area contributed by atoms with Crippen LogP contribution in [0.2, 0.25) is 0 Å². The lowest BCUT2D eigenvalue weighted by Crippen LogP contribution is -2.48. The molecule has 3 unspecified atom stereocenters. The summed E-state index contributed by atoms with van der Waals surface area (Å²) >= 11 is 0. The monoisotopic (exact) mass is 290 g/mol. The normalized spacial score (nSPS) is 27.6. The first-order chi connectivity index (χ1) is 9.31. The second kappa shape index (κ2) is 5.60. The van der Waals surface area contributed by atoms with Gasteiger partial charge in [-0.2, -0.15) is 0 Å². The second-order valence-corrected chi connectivity index (χ2v) is 5.60. The lowest BCUT2D eigenvalue weighted by Gasteiger charge is -2.40. The van der Waals surface area contributed by atoms with E-state index in [4.69, 9.17) is 0 Å². The first-order valence-corrected chi connectivity index (χ1v) is 6.61. The Hall–Kier alpha value is -1.30. The van der Waals surface area contributed by atoms with E-state index < -0.39 is 29.0 Å². The number of benzene rings is 1. The molecule has 0 radical (unpaired) electrons. The fourth-order valence-corrected chi connectivity index (χ4v) is 2.63. The summed E-state index contributed by atoms with van der Waals surface area (Å²) in [5.41, 5.74) is -0.712. The van der Waals surface area contributed by atoms with Gasteiger partial charge in [-0.15, -0.1) is 0 Å². The third kappa shape index (κ3) is 2.75. The summed E-state index contributed by atoms with van der Waals surface area (Å²) in [6, 6.07) is 0.218. The van der Waals surface area contributed by atoms with Crippen molar-refractivity contribution < 1.29 is 17.6 Å². The summed E-state index contributed by atoms with van der Waals surface area (Å²) in [5.74, 6) is -5.41. The van der Waals surface area contributed by atoms with E-state index in [2.05, 4.69) is 10.2 Å². The van der Waals surface area contributed by atoms with Gasteiger partial charge in [0.15, 0.2) is 23.3 Å². The van der Waals surface area contributed by atoms with Gasteiger partial charge in [0.2, 0.25) is 0 Å². The Kier molecular flexibility index (Phi) is 4.22. The van der Waals surface area contributed by atoms with Crippen molar-refractivity contribution in [1.29, 1.82) is 0 Å². The van der Waals surface area contributed by atoms with E-state index in [1.165, 1.54) is 0 Å². The van der Waals surface area contributed by atoms with Gasteiger partial charge in [-0.3, -0.25) is 0 Å². The fourth-order valence-electron chi connectivity index (χ4n) is 2.63. The molecule has 1 aromatic rings. The molecule has 1 N–H and O–H groups in total. The topological polar surface area (TPSA) is 15.3 Å². The van der Waals surface area contributed by atoms with Gasteiger partial charge in [-0.05, 0) is 26.3 Å². The number of halogens is 4. The summed E-state index contributed by atoms with van der Waals surface area (Å²) < 4.78 is 53.6. The Morgan fingerprint density at radius 2 is 1.65 bits per heavy atom. The van der Waals surface area contributed by atoms with Crippen LogP contribution in [0.15, 0.2) is 6.07 Å². The molecule has 0 saturated carbocycles. The van der Waals surface area contributed by atoms with Crippen molar-refractivity contribution in [3.8, 4) is 0 Å². The van der Waals surface area contributed by atoms with Crippen molar-refractivity contribution in [2.24, 2.45) is 5.92 Å². The van der Waals surface area contributed by atoms with E-state index in [0.717, 1.165) is 6.54 Å². The van der Waals surface area contributed by atoms with Crippen LogP contribution in [0.3, 0.4) is 0 Å². The standard InChI is InChI=1S/C14H18F4N2/c1-7-6-20(3)8(2)4-11(7)19-14-12(17)9(15)5-10(16)13(14)18/h5,7-8,11,19H,4,6H2,1-3H3. The number of hydrogen-bond donors (Lipinski definition) is 1. The minimum atomic E-state index is -1.39. The highest BCUT2D eigenvalue weighted by Gasteiger charge is 2.31. The number of piperidine rings is 1. The molecule has 1 fully saturated rings. The van der Waals surface area contributed by atoms with Crippen LogP contribution in [0.25, 0.3) is 0 Å². The molecule has 1 heterocycles. The lowest BCUT2D eigenvalue weighted by atomic mass is 9.89.